The molecule has 0 fully saturated rings. The zero-order valence-corrected chi connectivity index (χ0v) is 14.4. The Morgan fingerprint density at radius 3 is 2.52 bits per heavy atom. The van der Waals surface area contributed by atoms with E-state index in [1.807, 2.05) is 0 Å². The summed E-state index contributed by atoms with van der Waals surface area (Å²) in [6.07, 6.45) is 1.45. The Morgan fingerprint density at radius 1 is 1.00 bits per heavy atom. The first-order valence-electron chi connectivity index (χ1n) is 7.82. The molecule has 10 heteroatoms. The molecule has 4 rings (SSSR count). The molecule has 0 unspecified atom stereocenters. The highest BCUT2D eigenvalue weighted by Crippen LogP contribution is 2.19. The van der Waals surface area contributed by atoms with Crippen molar-refractivity contribution in [2.24, 2.45) is 0 Å². The number of benzene rings is 2. The summed E-state index contributed by atoms with van der Waals surface area (Å²) in [7, 11) is 0. The average Bonchev–Trinajstić information content (AvgIpc) is 3.35. The maximum atomic E-state index is 12.2. The molecule has 2 heterocycles. The zero-order valence-electron chi connectivity index (χ0n) is 13.7. The Balaban J connectivity index is 1.41. The molecular formula is C17H12ClN7O2. The number of hydrazine groups is 1. The Kier molecular flexibility index (Phi) is 4.27. The number of carbonyl (C=O) groups excluding carboxylic acids is 2. The van der Waals surface area contributed by atoms with Gasteiger partial charge in [0, 0.05) is 21.5 Å². The van der Waals surface area contributed by atoms with Gasteiger partial charge in [-0.3, -0.25) is 20.4 Å². The van der Waals surface area contributed by atoms with E-state index in [0.29, 0.717) is 22.0 Å². The van der Waals surface area contributed by atoms with Crippen molar-refractivity contribution in [2.75, 3.05) is 0 Å². The third kappa shape index (κ3) is 3.48. The van der Waals surface area contributed by atoms with E-state index in [4.69, 9.17) is 11.6 Å². The highest BCUT2D eigenvalue weighted by atomic mass is 35.5. The molecule has 4 aromatic rings. The smallest absolute Gasteiger partial charge is 0.286 e. The topological polar surface area (TPSA) is 118 Å². The molecule has 0 atom stereocenters. The summed E-state index contributed by atoms with van der Waals surface area (Å²) >= 11 is 5.93. The number of rotatable bonds is 3. The monoisotopic (exact) mass is 381 g/mol. The maximum absolute atomic E-state index is 12.2. The molecule has 0 aliphatic rings. The van der Waals surface area contributed by atoms with Gasteiger partial charge >= 0.3 is 0 Å². The molecule has 0 saturated carbocycles. The number of nitrogens with one attached hydrogen (secondary N) is 3. The van der Waals surface area contributed by atoms with Crippen molar-refractivity contribution < 1.29 is 9.59 Å². The molecule has 9 nitrogen and oxygen atoms in total. The van der Waals surface area contributed by atoms with E-state index in [0.717, 1.165) is 10.9 Å². The first-order valence-corrected chi connectivity index (χ1v) is 8.20. The molecule has 3 N–H and O–H groups in total. The molecule has 0 radical (unpaired) electrons. The second kappa shape index (κ2) is 6.89. The largest absolute Gasteiger partial charge is 0.350 e. The summed E-state index contributed by atoms with van der Waals surface area (Å²) in [4.78, 5) is 27.4. The molecule has 0 bridgehead atoms. The summed E-state index contributed by atoms with van der Waals surface area (Å²) in [5.74, 6) is -0.924. The van der Waals surface area contributed by atoms with Gasteiger partial charge in [0.25, 0.3) is 11.8 Å². The van der Waals surface area contributed by atoms with Crippen LogP contribution in [0.3, 0.4) is 0 Å². The summed E-state index contributed by atoms with van der Waals surface area (Å²) in [6.45, 7) is 0. The van der Waals surface area contributed by atoms with E-state index >= 15 is 0 Å². The highest BCUT2D eigenvalue weighted by Gasteiger charge is 2.12. The molecule has 2 aromatic carbocycles. The van der Waals surface area contributed by atoms with Crippen LogP contribution < -0.4 is 10.9 Å². The third-order valence-electron chi connectivity index (χ3n) is 3.86. The van der Waals surface area contributed by atoms with Crippen molar-refractivity contribution in [3.05, 3.63) is 71.1 Å². The Labute approximate surface area is 157 Å². The van der Waals surface area contributed by atoms with Gasteiger partial charge in [0.1, 0.15) is 12.0 Å². The fourth-order valence-corrected chi connectivity index (χ4v) is 2.69. The number of H-pyrrole nitrogens is 1. The third-order valence-corrected chi connectivity index (χ3v) is 4.10. The predicted molar refractivity (Wildman–Crippen MR) is 97.4 cm³/mol. The number of amides is 2. The van der Waals surface area contributed by atoms with Crippen LogP contribution in [0.1, 0.15) is 20.8 Å². The van der Waals surface area contributed by atoms with Gasteiger partial charge in [0.05, 0.1) is 5.69 Å². The molecule has 0 aliphatic carbocycles. The van der Waals surface area contributed by atoms with Gasteiger partial charge in [-0.1, -0.05) is 17.7 Å². The van der Waals surface area contributed by atoms with Crippen molar-refractivity contribution >= 4 is 34.3 Å². The van der Waals surface area contributed by atoms with Gasteiger partial charge in [0.2, 0.25) is 0 Å². The van der Waals surface area contributed by atoms with Crippen LogP contribution in [0.2, 0.25) is 5.02 Å². The molecule has 134 valence electrons. The minimum Gasteiger partial charge on any atom is -0.350 e. The molecule has 0 spiro atoms. The van der Waals surface area contributed by atoms with E-state index in [-0.39, 0.29) is 0 Å². The second-order valence-electron chi connectivity index (χ2n) is 5.62. The number of aromatic nitrogens is 5. The van der Waals surface area contributed by atoms with Crippen LogP contribution in [0, 0.1) is 0 Å². The van der Waals surface area contributed by atoms with Crippen molar-refractivity contribution in [1.82, 2.24) is 36.0 Å². The molecular weight excluding hydrogens is 370 g/mol. The minimum absolute atomic E-state index is 0.307. The average molecular weight is 382 g/mol. The second-order valence-corrected chi connectivity index (χ2v) is 6.06. The fourth-order valence-electron chi connectivity index (χ4n) is 2.52. The lowest BCUT2D eigenvalue weighted by molar-refractivity contribution is 0.0844. The van der Waals surface area contributed by atoms with Gasteiger partial charge in [-0.05, 0) is 52.9 Å². The molecule has 0 aliphatic heterocycles. The number of aromatic amines is 1. The van der Waals surface area contributed by atoms with Crippen LogP contribution in [-0.4, -0.2) is 37.0 Å². The Hall–Kier alpha value is -3.72. The minimum atomic E-state index is -0.471. The standard InChI is InChI=1S/C17H12ClN7O2/c18-12-4-1-11-7-15(20-14(11)8-12)17(27)22-21-16(26)10-2-5-13(6-3-10)25-9-19-23-24-25/h1-9,20H,(H,21,26)(H,22,27). The molecule has 2 amide bonds. The maximum Gasteiger partial charge on any atom is 0.286 e. The number of fused-ring (bicyclic) bond motifs is 1. The summed E-state index contributed by atoms with van der Waals surface area (Å²) in [5, 5.41) is 12.3. The highest BCUT2D eigenvalue weighted by molar-refractivity contribution is 6.31. The van der Waals surface area contributed by atoms with E-state index in [1.54, 1.807) is 48.5 Å². The molecule has 0 saturated heterocycles. The van der Waals surface area contributed by atoms with Crippen LogP contribution in [0.25, 0.3) is 16.6 Å². The van der Waals surface area contributed by atoms with Crippen LogP contribution >= 0.6 is 11.6 Å². The van der Waals surface area contributed by atoms with Crippen LogP contribution in [0.5, 0.6) is 0 Å². The van der Waals surface area contributed by atoms with Crippen molar-refractivity contribution in [2.45, 2.75) is 0 Å². The van der Waals surface area contributed by atoms with Crippen molar-refractivity contribution in [3.63, 3.8) is 0 Å². The normalized spacial score (nSPS) is 10.7. The summed E-state index contributed by atoms with van der Waals surface area (Å²) in [5.41, 5.74) is 6.87. The lowest BCUT2D eigenvalue weighted by Gasteiger charge is -2.07. The Bertz CT molecular complexity index is 1120. The quantitative estimate of drug-likeness (QED) is 0.468. The van der Waals surface area contributed by atoms with Gasteiger partial charge in [-0.25, -0.2) is 4.68 Å². The fraction of sp³-hybridized carbons (Fsp3) is 0. The first kappa shape index (κ1) is 16.7. The molecule has 2 aromatic heterocycles. The van der Waals surface area contributed by atoms with E-state index in [9.17, 15) is 9.59 Å². The lowest BCUT2D eigenvalue weighted by atomic mass is 10.2. The van der Waals surface area contributed by atoms with E-state index in [2.05, 4.69) is 31.4 Å². The van der Waals surface area contributed by atoms with Crippen LogP contribution in [0.15, 0.2) is 54.9 Å². The number of tetrazole rings is 1. The number of hydrogen-bond acceptors (Lipinski definition) is 5. The van der Waals surface area contributed by atoms with Crippen molar-refractivity contribution in [1.29, 1.82) is 0 Å². The first-order chi connectivity index (χ1) is 13.1. The lowest BCUT2D eigenvalue weighted by Crippen LogP contribution is -2.41. The number of carbonyl (C=O) groups is 2. The SMILES string of the molecule is O=C(NNC(=O)c1cc2ccc(Cl)cc2[nH]1)c1ccc(-n2cnnn2)cc1. The Morgan fingerprint density at radius 2 is 1.78 bits per heavy atom. The van der Waals surface area contributed by atoms with E-state index in [1.165, 1.54) is 11.0 Å². The predicted octanol–water partition coefficient (Wildman–Crippen LogP) is 1.87. The van der Waals surface area contributed by atoms with Crippen LogP contribution in [-0.2, 0) is 0 Å². The number of hydrogen-bond donors (Lipinski definition) is 3. The van der Waals surface area contributed by atoms with Gasteiger partial charge in [-0.2, -0.15) is 0 Å². The van der Waals surface area contributed by atoms with Gasteiger partial charge in [0.15, 0.2) is 0 Å². The van der Waals surface area contributed by atoms with Crippen LogP contribution in [0.4, 0.5) is 0 Å². The van der Waals surface area contributed by atoms with E-state index < -0.39 is 11.8 Å². The summed E-state index contributed by atoms with van der Waals surface area (Å²) in [6, 6.07) is 13.5. The number of nitrogens with zero attached hydrogens (tertiary/aromatic N) is 4. The number of halogens is 1. The zero-order chi connectivity index (χ0) is 18.8. The van der Waals surface area contributed by atoms with Gasteiger partial charge in [-0.15, -0.1) is 5.10 Å². The molecule has 27 heavy (non-hydrogen) atoms. The van der Waals surface area contributed by atoms with Crippen molar-refractivity contribution in [3.8, 4) is 5.69 Å². The summed E-state index contributed by atoms with van der Waals surface area (Å²) < 4.78 is 1.46. The van der Waals surface area contributed by atoms with Gasteiger partial charge < -0.3 is 4.98 Å².